The number of anilines is 1. The lowest BCUT2D eigenvalue weighted by molar-refractivity contribution is 0.507. The molecule has 0 aliphatic rings. The Hall–Kier alpha value is -1.53. The zero-order chi connectivity index (χ0) is 14.1. The zero-order valence-electron chi connectivity index (χ0n) is 10.2. The lowest BCUT2D eigenvalue weighted by Crippen LogP contribution is -1.99. The lowest BCUT2D eigenvalue weighted by atomic mass is 10.2. The summed E-state index contributed by atoms with van der Waals surface area (Å²) < 4.78 is 28.0. The van der Waals surface area contributed by atoms with Gasteiger partial charge in [0, 0.05) is 11.0 Å². The van der Waals surface area contributed by atoms with E-state index >= 15 is 0 Å². The second-order valence-electron chi connectivity index (χ2n) is 4.23. The number of thiazole rings is 1. The molecule has 0 unspecified atom stereocenters. The SMILES string of the molecule is Fc1ccc(CNc2nc3ccc(Br)cc3s2)cc1F. The molecule has 3 aromatic rings. The quantitative estimate of drug-likeness (QED) is 0.719. The molecule has 0 fully saturated rings. The Bertz CT molecular complexity index is 773. The fourth-order valence-corrected chi connectivity index (χ4v) is 3.21. The summed E-state index contributed by atoms with van der Waals surface area (Å²) >= 11 is 4.93. The molecule has 0 spiro atoms. The van der Waals surface area contributed by atoms with Crippen molar-refractivity contribution in [1.82, 2.24) is 4.98 Å². The van der Waals surface area contributed by atoms with Crippen LogP contribution >= 0.6 is 27.3 Å². The van der Waals surface area contributed by atoms with E-state index in [2.05, 4.69) is 26.2 Å². The maximum Gasteiger partial charge on any atom is 0.184 e. The number of hydrogen-bond donors (Lipinski definition) is 1. The Balaban J connectivity index is 1.77. The average Bonchev–Trinajstić information content (AvgIpc) is 2.82. The number of hydrogen-bond acceptors (Lipinski definition) is 3. The average molecular weight is 355 g/mol. The van der Waals surface area contributed by atoms with E-state index in [0.29, 0.717) is 12.1 Å². The van der Waals surface area contributed by atoms with E-state index in [4.69, 9.17) is 0 Å². The van der Waals surface area contributed by atoms with E-state index in [1.54, 1.807) is 6.07 Å². The molecule has 0 atom stereocenters. The molecule has 1 aromatic heterocycles. The monoisotopic (exact) mass is 354 g/mol. The third kappa shape index (κ3) is 2.81. The highest BCUT2D eigenvalue weighted by Gasteiger charge is 2.06. The topological polar surface area (TPSA) is 24.9 Å². The first-order valence-corrected chi connectivity index (χ1v) is 7.47. The standard InChI is InChI=1S/C14H9BrF2N2S/c15-9-2-4-12-13(6-9)20-14(19-12)18-7-8-1-3-10(16)11(17)5-8/h1-6H,7H2,(H,18,19). The molecular formula is C14H9BrF2N2S. The van der Waals surface area contributed by atoms with Crippen LogP contribution in [0.25, 0.3) is 10.2 Å². The molecule has 0 radical (unpaired) electrons. The minimum Gasteiger partial charge on any atom is -0.357 e. The third-order valence-electron chi connectivity index (χ3n) is 2.78. The molecule has 0 saturated carbocycles. The van der Waals surface area contributed by atoms with Gasteiger partial charge < -0.3 is 5.32 Å². The summed E-state index contributed by atoms with van der Waals surface area (Å²) in [6.45, 7) is 0.401. The number of rotatable bonds is 3. The summed E-state index contributed by atoms with van der Waals surface area (Å²) in [5, 5.41) is 3.87. The maximum atomic E-state index is 13.1. The molecule has 2 aromatic carbocycles. The molecule has 0 aliphatic heterocycles. The van der Waals surface area contributed by atoms with E-state index in [1.165, 1.54) is 17.4 Å². The van der Waals surface area contributed by atoms with Crippen molar-refractivity contribution in [3.63, 3.8) is 0 Å². The second-order valence-corrected chi connectivity index (χ2v) is 6.18. The van der Waals surface area contributed by atoms with Crippen molar-refractivity contribution in [1.29, 1.82) is 0 Å². The Morgan fingerprint density at radius 2 is 1.95 bits per heavy atom. The van der Waals surface area contributed by atoms with Gasteiger partial charge in [0.05, 0.1) is 10.2 Å². The first-order valence-electron chi connectivity index (χ1n) is 5.86. The summed E-state index contributed by atoms with van der Waals surface area (Å²) in [6.07, 6.45) is 0. The van der Waals surface area contributed by atoms with Gasteiger partial charge >= 0.3 is 0 Å². The van der Waals surface area contributed by atoms with E-state index in [1.807, 2.05) is 18.2 Å². The van der Waals surface area contributed by atoms with Gasteiger partial charge in [0.25, 0.3) is 0 Å². The maximum absolute atomic E-state index is 13.1. The summed E-state index contributed by atoms with van der Waals surface area (Å²) in [4.78, 5) is 4.43. The van der Waals surface area contributed by atoms with Crippen LogP contribution < -0.4 is 5.32 Å². The Kier molecular flexibility index (Phi) is 3.67. The first-order chi connectivity index (χ1) is 9.61. The number of nitrogens with zero attached hydrogens (tertiary/aromatic N) is 1. The van der Waals surface area contributed by atoms with Crippen LogP contribution in [0.1, 0.15) is 5.56 Å². The second kappa shape index (κ2) is 5.46. The molecule has 2 nitrogen and oxygen atoms in total. The smallest absolute Gasteiger partial charge is 0.184 e. The van der Waals surface area contributed by atoms with Gasteiger partial charge in [-0.05, 0) is 35.9 Å². The molecule has 20 heavy (non-hydrogen) atoms. The number of aromatic nitrogens is 1. The van der Waals surface area contributed by atoms with Crippen molar-refractivity contribution >= 4 is 42.6 Å². The van der Waals surface area contributed by atoms with Gasteiger partial charge in [-0.25, -0.2) is 13.8 Å². The number of fused-ring (bicyclic) bond motifs is 1. The molecular weight excluding hydrogens is 346 g/mol. The fraction of sp³-hybridized carbons (Fsp3) is 0.0714. The Labute approximate surface area is 126 Å². The fourth-order valence-electron chi connectivity index (χ4n) is 1.80. The predicted molar refractivity (Wildman–Crippen MR) is 81.0 cm³/mol. The zero-order valence-corrected chi connectivity index (χ0v) is 12.6. The molecule has 0 aliphatic carbocycles. The lowest BCUT2D eigenvalue weighted by Gasteiger charge is -2.03. The van der Waals surface area contributed by atoms with Crippen LogP contribution in [0.2, 0.25) is 0 Å². The van der Waals surface area contributed by atoms with E-state index in [0.717, 1.165) is 25.9 Å². The van der Waals surface area contributed by atoms with Gasteiger partial charge in [-0.15, -0.1) is 0 Å². The largest absolute Gasteiger partial charge is 0.357 e. The van der Waals surface area contributed by atoms with Crippen molar-refractivity contribution in [2.75, 3.05) is 5.32 Å². The normalized spacial score (nSPS) is 10.9. The van der Waals surface area contributed by atoms with Gasteiger partial charge in [0.1, 0.15) is 0 Å². The van der Waals surface area contributed by atoms with E-state index < -0.39 is 11.6 Å². The molecule has 102 valence electrons. The highest BCUT2D eigenvalue weighted by atomic mass is 79.9. The molecule has 1 heterocycles. The predicted octanol–water partition coefficient (Wildman–Crippen LogP) is 4.95. The van der Waals surface area contributed by atoms with Crippen molar-refractivity contribution in [3.05, 3.63) is 58.1 Å². The summed E-state index contributed by atoms with van der Waals surface area (Å²) in [6, 6.07) is 9.72. The Morgan fingerprint density at radius 1 is 1.10 bits per heavy atom. The molecule has 0 bridgehead atoms. The van der Waals surface area contributed by atoms with E-state index in [9.17, 15) is 8.78 Å². The van der Waals surface area contributed by atoms with Crippen LogP contribution in [0.4, 0.5) is 13.9 Å². The van der Waals surface area contributed by atoms with Crippen molar-refractivity contribution in [2.45, 2.75) is 6.54 Å². The summed E-state index contributed by atoms with van der Waals surface area (Å²) in [5.74, 6) is -1.67. The van der Waals surface area contributed by atoms with Crippen molar-refractivity contribution in [3.8, 4) is 0 Å². The van der Waals surface area contributed by atoms with Crippen LogP contribution in [-0.2, 0) is 6.54 Å². The summed E-state index contributed by atoms with van der Waals surface area (Å²) in [7, 11) is 0. The highest BCUT2D eigenvalue weighted by molar-refractivity contribution is 9.10. The number of nitrogens with one attached hydrogen (secondary N) is 1. The summed E-state index contributed by atoms with van der Waals surface area (Å²) in [5.41, 5.74) is 1.58. The van der Waals surface area contributed by atoms with Crippen molar-refractivity contribution in [2.24, 2.45) is 0 Å². The van der Waals surface area contributed by atoms with Gasteiger partial charge in [0.15, 0.2) is 16.8 Å². The Morgan fingerprint density at radius 3 is 2.75 bits per heavy atom. The number of benzene rings is 2. The third-order valence-corrected chi connectivity index (χ3v) is 4.25. The van der Waals surface area contributed by atoms with Crippen LogP contribution in [0.3, 0.4) is 0 Å². The highest BCUT2D eigenvalue weighted by Crippen LogP contribution is 2.28. The van der Waals surface area contributed by atoms with Crippen LogP contribution in [0.5, 0.6) is 0 Å². The molecule has 1 N–H and O–H groups in total. The minimum atomic E-state index is -0.836. The van der Waals surface area contributed by atoms with Gasteiger partial charge in [0.2, 0.25) is 0 Å². The minimum absolute atomic E-state index is 0.401. The molecule has 0 saturated heterocycles. The van der Waals surface area contributed by atoms with Crippen LogP contribution in [0, 0.1) is 11.6 Å². The van der Waals surface area contributed by atoms with Crippen molar-refractivity contribution < 1.29 is 8.78 Å². The molecule has 3 rings (SSSR count). The van der Waals surface area contributed by atoms with Gasteiger partial charge in [-0.2, -0.15) is 0 Å². The van der Waals surface area contributed by atoms with Gasteiger partial charge in [-0.3, -0.25) is 0 Å². The van der Waals surface area contributed by atoms with Crippen LogP contribution in [0.15, 0.2) is 40.9 Å². The van der Waals surface area contributed by atoms with E-state index in [-0.39, 0.29) is 0 Å². The van der Waals surface area contributed by atoms with Gasteiger partial charge in [-0.1, -0.05) is 33.3 Å². The molecule has 6 heteroatoms. The first kappa shape index (κ1) is 13.5. The number of halogens is 3. The van der Waals surface area contributed by atoms with Crippen LogP contribution in [-0.4, -0.2) is 4.98 Å². The molecule has 0 amide bonds.